The summed E-state index contributed by atoms with van der Waals surface area (Å²) in [6, 6.07) is 6.40. The number of nitrogens with zero attached hydrogens (tertiary/aromatic N) is 2. The first-order valence-electron chi connectivity index (χ1n) is 5.97. The van der Waals surface area contributed by atoms with Crippen molar-refractivity contribution in [2.24, 2.45) is 0 Å². The van der Waals surface area contributed by atoms with Crippen molar-refractivity contribution in [1.82, 2.24) is 9.55 Å². The minimum atomic E-state index is -0.228. The van der Waals surface area contributed by atoms with Crippen LogP contribution in [0.3, 0.4) is 0 Å². The number of carbonyl (C=O) groups is 1. The van der Waals surface area contributed by atoms with E-state index in [2.05, 4.69) is 4.98 Å². The van der Waals surface area contributed by atoms with Gasteiger partial charge in [-0.2, -0.15) is 0 Å². The molecule has 0 unspecified atom stereocenters. The summed E-state index contributed by atoms with van der Waals surface area (Å²) in [7, 11) is 0. The maximum Gasteiger partial charge on any atom is 0.271 e. The Hall–Kier alpha value is -1.69. The molecular weight excluding hydrogens is 331 g/mol. The van der Waals surface area contributed by atoms with E-state index in [1.165, 1.54) is 28.3 Å². The van der Waals surface area contributed by atoms with Crippen LogP contribution in [0.4, 0.5) is 0 Å². The van der Waals surface area contributed by atoms with Gasteiger partial charge in [0, 0.05) is 5.56 Å². The molecule has 0 bridgehead atoms. The molecule has 0 N–H and O–H groups in total. The van der Waals surface area contributed by atoms with Crippen LogP contribution in [0.15, 0.2) is 40.8 Å². The minimum Gasteiger partial charge on any atom is -0.292 e. The van der Waals surface area contributed by atoms with E-state index < -0.39 is 0 Å². The molecule has 7 heteroatoms. The number of hydrogen-bond donors (Lipinski definition) is 0. The van der Waals surface area contributed by atoms with Crippen LogP contribution in [0.5, 0.6) is 0 Å². The minimum absolute atomic E-state index is 0.0857. The Balaban J connectivity index is 1.94. The number of thiophene rings is 1. The summed E-state index contributed by atoms with van der Waals surface area (Å²) in [4.78, 5) is 28.6. The van der Waals surface area contributed by atoms with Gasteiger partial charge < -0.3 is 0 Å². The van der Waals surface area contributed by atoms with Gasteiger partial charge >= 0.3 is 0 Å². The second-order valence-electron chi connectivity index (χ2n) is 4.36. The van der Waals surface area contributed by atoms with Gasteiger partial charge in [-0.1, -0.05) is 23.2 Å². The molecule has 2 aromatic heterocycles. The topological polar surface area (TPSA) is 52.0 Å². The molecule has 3 aromatic rings. The normalized spacial score (nSPS) is 11.0. The quantitative estimate of drug-likeness (QED) is 0.685. The number of ketones is 1. The van der Waals surface area contributed by atoms with Crippen LogP contribution in [0, 0.1) is 0 Å². The molecule has 21 heavy (non-hydrogen) atoms. The molecule has 0 amide bonds. The van der Waals surface area contributed by atoms with Crippen molar-refractivity contribution in [2.45, 2.75) is 6.54 Å². The van der Waals surface area contributed by atoms with Gasteiger partial charge in [-0.25, -0.2) is 4.98 Å². The fourth-order valence-electron chi connectivity index (χ4n) is 1.91. The van der Waals surface area contributed by atoms with Crippen molar-refractivity contribution in [3.05, 3.63) is 61.9 Å². The Labute approximate surface area is 133 Å². The Kier molecular flexibility index (Phi) is 3.80. The van der Waals surface area contributed by atoms with Crippen molar-refractivity contribution in [3.63, 3.8) is 0 Å². The van der Waals surface area contributed by atoms with Crippen LogP contribution < -0.4 is 5.56 Å². The fraction of sp³-hybridized carbons (Fsp3) is 0.0714. The molecule has 0 radical (unpaired) electrons. The Morgan fingerprint density at radius 1 is 1.24 bits per heavy atom. The molecule has 3 rings (SSSR count). The average Bonchev–Trinajstić information content (AvgIpc) is 2.94. The lowest BCUT2D eigenvalue weighted by molar-refractivity contribution is 0.0970. The Morgan fingerprint density at radius 3 is 2.81 bits per heavy atom. The third kappa shape index (κ3) is 2.72. The summed E-state index contributed by atoms with van der Waals surface area (Å²) in [5.41, 5.74) is 0.828. The molecule has 4 nitrogen and oxygen atoms in total. The highest BCUT2D eigenvalue weighted by Crippen LogP contribution is 2.23. The second-order valence-corrected chi connectivity index (χ2v) is 6.10. The number of Topliss-reactive ketones (excluding diaryl/α,β-unsaturated/α-hetero) is 1. The van der Waals surface area contributed by atoms with Gasteiger partial charge in [0.2, 0.25) is 0 Å². The van der Waals surface area contributed by atoms with Crippen LogP contribution in [-0.2, 0) is 6.54 Å². The van der Waals surface area contributed by atoms with E-state index >= 15 is 0 Å². The predicted molar refractivity (Wildman–Crippen MR) is 84.7 cm³/mol. The number of hydrogen-bond acceptors (Lipinski definition) is 4. The molecule has 2 heterocycles. The molecule has 0 saturated heterocycles. The van der Waals surface area contributed by atoms with Gasteiger partial charge in [0.25, 0.3) is 5.56 Å². The highest BCUT2D eigenvalue weighted by Gasteiger charge is 2.12. The molecule has 0 aliphatic heterocycles. The molecule has 0 saturated carbocycles. The predicted octanol–water partition coefficient (Wildman–Crippen LogP) is 3.65. The zero-order chi connectivity index (χ0) is 15.0. The van der Waals surface area contributed by atoms with E-state index in [0.29, 0.717) is 25.8 Å². The Bertz CT molecular complexity index is 901. The lowest BCUT2D eigenvalue weighted by Crippen LogP contribution is -2.24. The van der Waals surface area contributed by atoms with Gasteiger partial charge in [0.05, 0.1) is 28.4 Å². The molecular formula is C14H8Cl2N2O2S. The van der Waals surface area contributed by atoms with Crippen LogP contribution in [-0.4, -0.2) is 15.3 Å². The van der Waals surface area contributed by atoms with Crippen molar-refractivity contribution < 1.29 is 4.79 Å². The number of benzene rings is 1. The molecule has 106 valence electrons. The average molecular weight is 339 g/mol. The van der Waals surface area contributed by atoms with Gasteiger partial charge in [0.1, 0.15) is 4.70 Å². The first-order chi connectivity index (χ1) is 10.1. The summed E-state index contributed by atoms with van der Waals surface area (Å²) in [5, 5.41) is 2.48. The third-order valence-corrected chi connectivity index (χ3v) is 4.62. The van der Waals surface area contributed by atoms with Crippen molar-refractivity contribution in [2.75, 3.05) is 0 Å². The van der Waals surface area contributed by atoms with Crippen molar-refractivity contribution in [3.8, 4) is 0 Å². The zero-order valence-corrected chi connectivity index (χ0v) is 12.9. The number of aromatic nitrogens is 2. The highest BCUT2D eigenvalue weighted by atomic mass is 35.5. The molecule has 0 atom stereocenters. The van der Waals surface area contributed by atoms with Gasteiger partial charge in [-0.15, -0.1) is 11.3 Å². The van der Waals surface area contributed by atoms with Crippen LogP contribution in [0.1, 0.15) is 10.4 Å². The van der Waals surface area contributed by atoms with E-state index in [1.807, 2.05) is 0 Å². The molecule has 0 aliphatic carbocycles. The third-order valence-electron chi connectivity index (χ3n) is 2.99. The lowest BCUT2D eigenvalue weighted by Gasteiger charge is -2.05. The monoisotopic (exact) mass is 338 g/mol. The number of fused-ring (bicyclic) bond motifs is 1. The smallest absolute Gasteiger partial charge is 0.271 e. The van der Waals surface area contributed by atoms with E-state index in [4.69, 9.17) is 23.2 Å². The maximum atomic E-state index is 12.2. The number of carbonyl (C=O) groups excluding carboxylic acids is 1. The standard InChI is InChI=1S/C14H8Cl2N2O2S/c15-9-2-1-8(5-10(9)16)12(19)6-18-7-17-11-3-4-21-13(11)14(18)20/h1-5,7H,6H2. The van der Waals surface area contributed by atoms with E-state index in [0.717, 1.165) is 0 Å². The van der Waals surface area contributed by atoms with Gasteiger partial charge in [-0.05, 0) is 29.6 Å². The first-order valence-corrected chi connectivity index (χ1v) is 7.61. The Morgan fingerprint density at radius 2 is 2.05 bits per heavy atom. The first kappa shape index (κ1) is 14.3. The second kappa shape index (κ2) is 5.60. The summed E-state index contributed by atoms with van der Waals surface area (Å²) in [6.07, 6.45) is 1.38. The molecule has 0 spiro atoms. The largest absolute Gasteiger partial charge is 0.292 e. The molecule has 1 aromatic carbocycles. The van der Waals surface area contributed by atoms with Gasteiger partial charge in [0.15, 0.2) is 5.78 Å². The number of halogens is 2. The molecule has 0 fully saturated rings. The van der Waals surface area contributed by atoms with Crippen molar-refractivity contribution >= 4 is 50.5 Å². The van der Waals surface area contributed by atoms with Gasteiger partial charge in [-0.3, -0.25) is 14.2 Å². The van der Waals surface area contributed by atoms with Crippen LogP contribution >= 0.6 is 34.5 Å². The summed E-state index contributed by atoms with van der Waals surface area (Å²) in [5.74, 6) is -0.228. The number of rotatable bonds is 3. The lowest BCUT2D eigenvalue weighted by atomic mass is 10.1. The van der Waals surface area contributed by atoms with E-state index in [1.54, 1.807) is 23.6 Å². The van der Waals surface area contributed by atoms with Crippen LogP contribution in [0.2, 0.25) is 10.0 Å². The summed E-state index contributed by atoms with van der Waals surface area (Å²) in [6.45, 7) is -0.0857. The summed E-state index contributed by atoms with van der Waals surface area (Å²) >= 11 is 13.0. The van der Waals surface area contributed by atoms with E-state index in [9.17, 15) is 9.59 Å². The molecule has 0 aliphatic rings. The van der Waals surface area contributed by atoms with Crippen LogP contribution in [0.25, 0.3) is 10.2 Å². The zero-order valence-electron chi connectivity index (χ0n) is 10.5. The van der Waals surface area contributed by atoms with Crippen molar-refractivity contribution in [1.29, 1.82) is 0 Å². The SMILES string of the molecule is O=C(Cn1cnc2ccsc2c1=O)c1ccc(Cl)c(Cl)c1. The summed E-state index contributed by atoms with van der Waals surface area (Å²) < 4.78 is 1.84. The van der Waals surface area contributed by atoms with E-state index in [-0.39, 0.29) is 17.9 Å². The fourth-order valence-corrected chi connectivity index (χ4v) is 3.00. The highest BCUT2D eigenvalue weighted by molar-refractivity contribution is 7.17. The maximum absolute atomic E-state index is 12.2.